The van der Waals surface area contributed by atoms with E-state index in [1.165, 1.54) is 0 Å². The molecule has 0 bridgehead atoms. The first kappa shape index (κ1) is 8.26. The predicted octanol–water partition coefficient (Wildman–Crippen LogP) is 2.28. The first-order chi connectivity index (χ1) is 6.31. The summed E-state index contributed by atoms with van der Waals surface area (Å²) in [4.78, 5) is 4.26. The van der Waals surface area contributed by atoms with Crippen molar-refractivity contribution in [1.29, 1.82) is 0 Å². The van der Waals surface area contributed by atoms with Crippen molar-refractivity contribution in [2.24, 2.45) is 0 Å². The van der Waals surface area contributed by atoms with Gasteiger partial charge in [-0.15, -0.1) is 0 Å². The molecule has 0 radical (unpaired) electrons. The minimum atomic E-state index is 0.597. The molecule has 0 aliphatic carbocycles. The fourth-order valence-electron chi connectivity index (χ4n) is 1.43. The van der Waals surface area contributed by atoms with Crippen molar-refractivity contribution < 1.29 is 9.15 Å². The maximum atomic E-state index is 5.22. The fourth-order valence-corrected chi connectivity index (χ4v) is 1.43. The lowest BCUT2D eigenvalue weighted by Crippen LogP contribution is -1.91. The number of aromatic nitrogens is 1. The molecule has 0 fully saturated rings. The van der Waals surface area contributed by atoms with E-state index in [0.29, 0.717) is 12.3 Å². The monoisotopic (exact) mass is 177 g/mol. The van der Waals surface area contributed by atoms with E-state index in [2.05, 4.69) is 4.98 Å². The van der Waals surface area contributed by atoms with Gasteiger partial charge in [-0.3, -0.25) is 0 Å². The third-order valence-corrected chi connectivity index (χ3v) is 1.95. The third-order valence-electron chi connectivity index (χ3n) is 1.95. The second kappa shape index (κ2) is 3.18. The number of pyridine rings is 1. The Hall–Kier alpha value is -1.35. The molecule has 2 rings (SSSR count). The highest BCUT2D eigenvalue weighted by atomic mass is 16.5. The van der Waals surface area contributed by atoms with Gasteiger partial charge in [0.1, 0.15) is 0 Å². The zero-order valence-electron chi connectivity index (χ0n) is 7.70. The summed E-state index contributed by atoms with van der Waals surface area (Å²) in [6.45, 7) is 2.54. The summed E-state index contributed by atoms with van der Waals surface area (Å²) >= 11 is 0. The lowest BCUT2D eigenvalue weighted by molar-refractivity contribution is 0.186. The van der Waals surface area contributed by atoms with Gasteiger partial charge in [-0.1, -0.05) is 0 Å². The molecule has 0 atom stereocenters. The molecule has 68 valence electrons. The molecule has 0 aliphatic heterocycles. The van der Waals surface area contributed by atoms with Crippen LogP contribution in [0.15, 0.2) is 22.8 Å². The first-order valence-electron chi connectivity index (χ1n) is 4.14. The van der Waals surface area contributed by atoms with Gasteiger partial charge >= 0.3 is 0 Å². The standard InChI is InChI=1S/C10H11NO2/c1-7-5-8(6-12-2)9-3-4-13-10(9)11-7/h3-5H,6H2,1-2H3. The number of methoxy groups -OCH3 is 1. The van der Waals surface area contributed by atoms with E-state index in [1.54, 1.807) is 13.4 Å². The van der Waals surface area contributed by atoms with Crippen LogP contribution in [0.5, 0.6) is 0 Å². The zero-order chi connectivity index (χ0) is 9.26. The van der Waals surface area contributed by atoms with Crippen molar-refractivity contribution in [2.75, 3.05) is 7.11 Å². The van der Waals surface area contributed by atoms with Crippen LogP contribution in [0, 0.1) is 6.92 Å². The molecule has 2 aromatic heterocycles. The number of nitrogens with zero attached hydrogens (tertiary/aromatic N) is 1. The molecule has 2 aromatic rings. The fraction of sp³-hybridized carbons (Fsp3) is 0.300. The van der Waals surface area contributed by atoms with Crippen LogP contribution >= 0.6 is 0 Å². The van der Waals surface area contributed by atoms with Crippen LogP contribution in [-0.4, -0.2) is 12.1 Å². The molecule has 2 heterocycles. The Morgan fingerprint density at radius 3 is 3.15 bits per heavy atom. The van der Waals surface area contributed by atoms with Gasteiger partial charge in [-0.05, 0) is 24.6 Å². The largest absolute Gasteiger partial charge is 0.446 e. The molecule has 0 aromatic carbocycles. The Kier molecular flexibility index (Phi) is 2.02. The Morgan fingerprint density at radius 1 is 1.54 bits per heavy atom. The Labute approximate surface area is 76.3 Å². The maximum absolute atomic E-state index is 5.22. The number of furan rings is 1. The van der Waals surface area contributed by atoms with Crippen LogP contribution in [0.4, 0.5) is 0 Å². The van der Waals surface area contributed by atoms with Crippen molar-refractivity contribution in [3.05, 3.63) is 29.7 Å². The predicted molar refractivity (Wildman–Crippen MR) is 49.5 cm³/mol. The molecule has 13 heavy (non-hydrogen) atoms. The van der Waals surface area contributed by atoms with E-state index in [-0.39, 0.29) is 0 Å². The smallest absolute Gasteiger partial charge is 0.226 e. The average Bonchev–Trinajstić information content (AvgIpc) is 2.52. The number of fused-ring (bicyclic) bond motifs is 1. The van der Waals surface area contributed by atoms with E-state index in [9.17, 15) is 0 Å². The molecule has 0 unspecified atom stereocenters. The van der Waals surface area contributed by atoms with Crippen molar-refractivity contribution >= 4 is 11.1 Å². The highest BCUT2D eigenvalue weighted by molar-refractivity contribution is 5.77. The van der Waals surface area contributed by atoms with Gasteiger partial charge in [-0.2, -0.15) is 0 Å². The van der Waals surface area contributed by atoms with E-state index >= 15 is 0 Å². The molecule has 3 nitrogen and oxygen atoms in total. The highest BCUT2D eigenvalue weighted by Crippen LogP contribution is 2.19. The molecular weight excluding hydrogens is 166 g/mol. The van der Waals surface area contributed by atoms with Gasteiger partial charge in [0, 0.05) is 18.2 Å². The van der Waals surface area contributed by atoms with E-state index < -0.39 is 0 Å². The first-order valence-corrected chi connectivity index (χ1v) is 4.14. The van der Waals surface area contributed by atoms with Crippen molar-refractivity contribution in [3.63, 3.8) is 0 Å². The van der Waals surface area contributed by atoms with Crippen LogP contribution in [0.3, 0.4) is 0 Å². The van der Waals surface area contributed by atoms with Gasteiger partial charge in [0.2, 0.25) is 5.71 Å². The maximum Gasteiger partial charge on any atom is 0.226 e. The van der Waals surface area contributed by atoms with Crippen LogP contribution in [0.2, 0.25) is 0 Å². The topological polar surface area (TPSA) is 35.3 Å². The van der Waals surface area contributed by atoms with Gasteiger partial charge in [0.05, 0.1) is 12.9 Å². The van der Waals surface area contributed by atoms with Gasteiger partial charge in [0.15, 0.2) is 0 Å². The van der Waals surface area contributed by atoms with Gasteiger partial charge in [0.25, 0.3) is 0 Å². The summed E-state index contributed by atoms with van der Waals surface area (Å²) in [5.41, 5.74) is 2.76. The highest BCUT2D eigenvalue weighted by Gasteiger charge is 2.05. The number of hydrogen-bond acceptors (Lipinski definition) is 3. The summed E-state index contributed by atoms with van der Waals surface area (Å²) in [6.07, 6.45) is 1.65. The number of rotatable bonds is 2. The van der Waals surface area contributed by atoms with Crippen molar-refractivity contribution in [2.45, 2.75) is 13.5 Å². The van der Waals surface area contributed by atoms with Crippen LogP contribution in [-0.2, 0) is 11.3 Å². The molecular formula is C10H11NO2. The van der Waals surface area contributed by atoms with Crippen molar-refractivity contribution in [1.82, 2.24) is 4.98 Å². The summed E-state index contributed by atoms with van der Waals surface area (Å²) < 4.78 is 10.3. The summed E-state index contributed by atoms with van der Waals surface area (Å²) in [5, 5.41) is 1.03. The third kappa shape index (κ3) is 1.42. The average molecular weight is 177 g/mol. The van der Waals surface area contributed by atoms with Crippen LogP contribution in [0.1, 0.15) is 11.3 Å². The molecule has 0 aliphatic rings. The Morgan fingerprint density at radius 2 is 2.38 bits per heavy atom. The molecule has 3 heteroatoms. The number of aryl methyl sites for hydroxylation is 1. The Bertz CT molecular complexity index is 420. The van der Waals surface area contributed by atoms with E-state index in [0.717, 1.165) is 16.6 Å². The summed E-state index contributed by atoms with van der Waals surface area (Å²) in [6, 6.07) is 3.93. The summed E-state index contributed by atoms with van der Waals surface area (Å²) in [7, 11) is 1.68. The van der Waals surface area contributed by atoms with Crippen LogP contribution < -0.4 is 0 Å². The minimum Gasteiger partial charge on any atom is -0.446 e. The lowest BCUT2D eigenvalue weighted by Gasteiger charge is -2.01. The van der Waals surface area contributed by atoms with Gasteiger partial charge in [-0.25, -0.2) is 4.98 Å². The second-order valence-corrected chi connectivity index (χ2v) is 3.00. The SMILES string of the molecule is COCc1cc(C)nc2occc12. The molecule has 0 spiro atoms. The van der Waals surface area contributed by atoms with Crippen LogP contribution in [0.25, 0.3) is 11.1 Å². The molecule has 0 saturated carbocycles. The van der Waals surface area contributed by atoms with Crippen molar-refractivity contribution in [3.8, 4) is 0 Å². The number of ether oxygens (including phenoxy) is 1. The molecule has 0 saturated heterocycles. The van der Waals surface area contributed by atoms with E-state index in [1.807, 2.05) is 19.1 Å². The zero-order valence-corrected chi connectivity index (χ0v) is 7.70. The van der Waals surface area contributed by atoms with E-state index in [4.69, 9.17) is 9.15 Å². The number of hydrogen-bond donors (Lipinski definition) is 0. The molecule has 0 amide bonds. The Balaban J connectivity index is 2.63. The molecule has 0 N–H and O–H groups in total. The van der Waals surface area contributed by atoms with Gasteiger partial charge < -0.3 is 9.15 Å². The quantitative estimate of drug-likeness (QED) is 0.705. The second-order valence-electron chi connectivity index (χ2n) is 3.00. The normalized spacial score (nSPS) is 10.9. The minimum absolute atomic E-state index is 0.597. The lowest BCUT2D eigenvalue weighted by atomic mass is 10.2. The summed E-state index contributed by atoms with van der Waals surface area (Å²) in [5.74, 6) is 0.